The van der Waals surface area contributed by atoms with E-state index in [1.54, 1.807) is 7.05 Å². The third-order valence-electron chi connectivity index (χ3n) is 2.86. The van der Waals surface area contributed by atoms with Crippen molar-refractivity contribution in [3.63, 3.8) is 0 Å². The Kier molecular flexibility index (Phi) is 4.57. The third-order valence-corrected chi connectivity index (χ3v) is 2.86. The molecule has 0 aliphatic rings. The molecule has 112 valence electrons. The van der Waals surface area contributed by atoms with Crippen LogP contribution < -0.4 is 15.0 Å². The number of hydrogen-bond acceptors (Lipinski definition) is 6. The number of aromatic nitrogens is 3. The number of nitrogens with zero attached hydrogens (tertiary/aromatic N) is 4. The van der Waals surface area contributed by atoms with Gasteiger partial charge in [-0.05, 0) is 38.5 Å². The Morgan fingerprint density at radius 1 is 1.19 bits per heavy atom. The van der Waals surface area contributed by atoms with E-state index in [1.165, 1.54) is 5.56 Å². The highest BCUT2D eigenvalue weighted by molar-refractivity contribution is 5.58. The highest BCUT2D eigenvalue weighted by Gasteiger charge is 2.13. The molecule has 0 spiro atoms. The molecule has 0 aliphatic heterocycles. The molecule has 0 fully saturated rings. The van der Waals surface area contributed by atoms with E-state index >= 15 is 0 Å². The van der Waals surface area contributed by atoms with Gasteiger partial charge in [-0.2, -0.15) is 15.0 Å². The molecule has 0 amide bonds. The molecule has 2 rings (SSSR count). The molecule has 1 N–H and O–H groups in total. The van der Waals surface area contributed by atoms with Crippen LogP contribution in [0, 0.1) is 6.92 Å². The highest BCUT2D eigenvalue weighted by Crippen LogP contribution is 2.23. The maximum atomic E-state index is 5.58. The molecule has 0 atom stereocenters. The first-order valence-corrected chi connectivity index (χ1v) is 6.90. The Morgan fingerprint density at radius 3 is 2.57 bits per heavy atom. The van der Waals surface area contributed by atoms with Gasteiger partial charge in [-0.15, -0.1) is 0 Å². The second-order valence-electron chi connectivity index (χ2n) is 5.06. The largest absolute Gasteiger partial charge is 0.461 e. The molecule has 0 unspecified atom stereocenters. The number of ether oxygens (including phenoxy) is 1. The summed E-state index contributed by atoms with van der Waals surface area (Å²) in [6, 6.07) is 8.47. The molecule has 1 heterocycles. The van der Waals surface area contributed by atoms with Crippen LogP contribution in [0.1, 0.15) is 19.4 Å². The van der Waals surface area contributed by atoms with Crippen molar-refractivity contribution >= 4 is 17.6 Å². The topological polar surface area (TPSA) is 63.2 Å². The SMILES string of the molecule is CNc1nc(OC(C)C)nc(N(C)c2cccc(C)c2)n1. The molecule has 1 aromatic heterocycles. The minimum Gasteiger partial charge on any atom is -0.461 e. The third kappa shape index (κ3) is 3.81. The van der Waals surface area contributed by atoms with Crippen molar-refractivity contribution in [3.8, 4) is 6.01 Å². The van der Waals surface area contributed by atoms with Gasteiger partial charge in [0.15, 0.2) is 0 Å². The zero-order chi connectivity index (χ0) is 15.4. The van der Waals surface area contributed by atoms with E-state index in [0.29, 0.717) is 17.9 Å². The summed E-state index contributed by atoms with van der Waals surface area (Å²) in [6.07, 6.45) is 0.00855. The summed E-state index contributed by atoms with van der Waals surface area (Å²) in [4.78, 5) is 14.9. The van der Waals surface area contributed by atoms with Crippen LogP contribution in [0.15, 0.2) is 24.3 Å². The van der Waals surface area contributed by atoms with E-state index in [4.69, 9.17) is 4.74 Å². The van der Waals surface area contributed by atoms with Crippen molar-refractivity contribution in [3.05, 3.63) is 29.8 Å². The number of nitrogens with one attached hydrogen (secondary N) is 1. The number of anilines is 3. The lowest BCUT2D eigenvalue weighted by molar-refractivity contribution is 0.222. The van der Waals surface area contributed by atoms with Crippen LogP contribution in [0.4, 0.5) is 17.6 Å². The van der Waals surface area contributed by atoms with Crippen LogP contribution in [0.2, 0.25) is 0 Å². The van der Waals surface area contributed by atoms with Gasteiger partial charge in [-0.3, -0.25) is 0 Å². The van der Waals surface area contributed by atoms with Gasteiger partial charge in [-0.1, -0.05) is 12.1 Å². The lowest BCUT2D eigenvalue weighted by Gasteiger charge is -2.19. The number of aryl methyl sites for hydroxylation is 1. The Labute approximate surface area is 125 Å². The fraction of sp³-hybridized carbons (Fsp3) is 0.400. The van der Waals surface area contributed by atoms with E-state index in [9.17, 15) is 0 Å². The van der Waals surface area contributed by atoms with Crippen molar-refractivity contribution in [2.75, 3.05) is 24.3 Å². The first-order valence-electron chi connectivity index (χ1n) is 6.90. The second kappa shape index (κ2) is 6.39. The summed E-state index contributed by atoms with van der Waals surface area (Å²) in [6.45, 7) is 5.93. The number of benzene rings is 1. The standard InChI is InChI=1S/C15H21N5O/c1-10(2)21-15-18-13(16-4)17-14(19-15)20(5)12-8-6-7-11(3)9-12/h6-10H,1-5H3,(H,16,17,18,19). The van der Waals surface area contributed by atoms with E-state index in [0.717, 1.165) is 5.69 Å². The molecule has 0 radical (unpaired) electrons. The summed E-state index contributed by atoms with van der Waals surface area (Å²) in [5, 5.41) is 2.93. The molecule has 21 heavy (non-hydrogen) atoms. The van der Waals surface area contributed by atoms with Gasteiger partial charge in [0.1, 0.15) is 0 Å². The molecule has 0 saturated carbocycles. The lowest BCUT2D eigenvalue weighted by atomic mass is 10.2. The average Bonchev–Trinajstić information content (AvgIpc) is 2.45. The molecule has 0 saturated heterocycles. The van der Waals surface area contributed by atoms with Gasteiger partial charge >= 0.3 is 6.01 Å². The number of hydrogen-bond donors (Lipinski definition) is 1. The number of rotatable bonds is 5. The van der Waals surface area contributed by atoms with Crippen molar-refractivity contribution in [2.24, 2.45) is 0 Å². The van der Waals surface area contributed by atoms with Crippen LogP contribution in [0.3, 0.4) is 0 Å². The second-order valence-corrected chi connectivity index (χ2v) is 5.06. The summed E-state index contributed by atoms with van der Waals surface area (Å²) in [5.41, 5.74) is 2.19. The van der Waals surface area contributed by atoms with E-state index in [2.05, 4.69) is 39.3 Å². The molecule has 2 aromatic rings. The highest BCUT2D eigenvalue weighted by atomic mass is 16.5. The van der Waals surface area contributed by atoms with Crippen molar-refractivity contribution < 1.29 is 4.74 Å². The summed E-state index contributed by atoms with van der Waals surface area (Å²) < 4.78 is 5.58. The average molecular weight is 287 g/mol. The summed E-state index contributed by atoms with van der Waals surface area (Å²) in [5.74, 6) is 1.02. The molecule has 1 aromatic carbocycles. The Bertz CT molecular complexity index is 615. The minimum absolute atomic E-state index is 0.00855. The fourth-order valence-corrected chi connectivity index (χ4v) is 1.82. The first kappa shape index (κ1) is 15.0. The molecule has 0 bridgehead atoms. The maximum Gasteiger partial charge on any atom is 0.323 e. The van der Waals surface area contributed by atoms with Gasteiger partial charge in [0.25, 0.3) is 0 Å². The monoisotopic (exact) mass is 287 g/mol. The Morgan fingerprint density at radius 2 is 1.95 bits per heavy atom. The van der Waals surface area contributed by atoms with Gasteiger partial charge in [0, 0.05) is 19.8 Å². The predicted molar refractivity (Wildman–Crippen MR) is 84.4 cm³/mol. The lowest BCUT2D eigenvalue weighted by Crippen LogP contribution is -2.17. The normalized spacial score (nSPS) is 10.6. The predicted octanol–water partition coefficient (Wildman–Crippen LogP) is 2.78. The zero-order valence-corrected chi connectivity index (χ0v) is 13.1. The van der Waals surface area contributed by atoms with E-state index in [1.807, 2.05) is 37.9 Å². The molecular weight excluding hydrogens is 266 g/mol. The summed E-state index contributed by atoms with van der Waals surface area (Å²) in [7, 11) is 3.69. The van der Waals surface area contributed by atoms with Crippen LogP contribution in [-0.2, 0) is 0 Å². The minimum atomic E-state index is 0.00855. The van der Waals surface area contributed by atoms with Crippen LogP contribution in [-0.4, -0.2) is 35.2 Å². The summed E-state index contributed by atoms with van der Waals surface area (Å²) >= 11 is 0. The van der Waals surface area contributed by atoms with Crippen molar-refractivity contribution in [1.29, 1.82) is 0 Å². The molecule has 0 aliphatic carbocycles. The van der Waals surface area contributed by atoms with Gasteiger partial charge in [-0.25, -0.2) is 0 Å². The van der Waals surface area contributed by atoms with Gasteiger partial charge in [0.2, 0.25) is 11.9 Å². The molecular formula is C15H21N5O. The quantitative estimate of drug-likeness (QED) is 0.912. The maximum absolute atomic E-state index is 5.58. The van der Waals surface area contributed by atoms with Crippen LogP contribution in [0.5, 0.6) is 6.01 Å². The molecule has 6 heteroatoms. The van der Waals surface area contributed by atoms with E-state index in [-0.39, 0.29) is 6.10 Å². The van der Waals surface area contributed by atoms with Gasteiger partial charge < -0.3 is 15.0 Å². The zero-order valence-electron chi connectivity index (χ0n) is 13.1. The Balaban J connectivity index is 2.37. The first-order chi connectivity index (χ1) is 9.99. The van der Waals surface area contributed by atoms with Crippen LogP contribution in [0.25, 0.3) is 0 Å². The van der Waals surface area contributed by atoms with Gasteiger partial charge in [0.05, 0.1) is 6.10 Å². The van der Waals surface area contributed by atoms with Crippen molar-refractivity contribution in [1.82, 2.24) is 15.0 Å². The van der Waals surface area contributed by atoms with Crippen LogP contribution >= 0.6 is 0 Å². The van der Waals surface area contributed by atoms with E-state index < -0.39 is 0 Å². The smallest absolute Gasteiger partial charge is 0.323 e. The molecule has 6 nitrogen and oxygen atoms in total. The van der Waals surface area contributed by atoms with Crippen molar-refractivity contribution in [2.45, 2.75) is 26.9 Å². The fourth-order valence-electron chi connectivity index (χ4n) is 1.82. The Hall–Kier alpha value is -2.37.